The molecule has 0 atom stereocenters. The monoisotopic (exact) mass is 492 g/mol. The Kier molecular flexibility index (Phi) is 14.0. The number of para-hydroxylation sites is 1. The lowest BCUT2D eigenvalue weighted by molar-refractivity contribution is 0.248. The molecule has 0 N–H and O–H groups in total. The standard InChI is InChI=1S/C33H52N2O/c1-3-5-7-9-11-15-25-36-32-18-14-13-17-31(32)33-30(26-34-27-35-33)24-23-29-21-19-28(20-22-29)16-12-10-8-6-4-2/h13-14,17-18,26-29H,3-12,15-16,19-25H2,1-2H3. The lowest BCUT2D eigenvalue weighted by atomic mass is 9.77. The molecule has 1 fully saturated rings. The van der Waals surface area contributed by atoms with Crippen LogP contribution in [0.15, 0.2) is 36.8 Å². The van der Waals surface area contributed by atoms with Gasteiger partial charge in [0.1, 0.15) is 12.1 Å². The first kappa shape index (κ1) is 28.7. The Morgan fingerprint density at radius 2 is 1.39 bits per heavy atom. The van der Waals surface area contributed by atoms with Crippen LogP contribution in [0.3, 0.4) is 0 Å². The van der Waals surface area contributed by atoms with Gasteiger partial charge in [-0.25, -0.2) is 9.97 Å². The number of unbranched alkanes of at least 4 members (excludes halogenated alkanes) is 9. The minimum absolute atomic E-state index is 0.783. The van der Waals surface area contributed by atoms with Gasteiger partial charge >= 0.3 is 0 Å². The summed E-state index contributed by atoms with van der Waals surface area (Å²) in [6.45, 7) is 5.35. The van der Waals surface area contributed by atoms with E-state index in [1.807, 2.05) is 6.20 Å². The third kappa shape index (κ3) is 10.2. The molecule has 0 aliphatic heterocycles. The highest BCUT2D eigenvalue weighted by Gasteiger charge is 2.21. The minimum Gasteiger partial charge on any atom is -0.493 e. The van der Waals surface area contributed by atoms with Crippen molar-refractivity contribution in [1.29, 1.82) is 0 Å². The van der Waals surface area contributed by atoms with Crippen LogP contribution in [-0.4, -0.2) is 16.6 Å². The van der Waals surface area contributed by atoms with Crippen LogP contribution >= 0.6 is 0 Å². The third-order valence-electron chi connectivity index (χ3n) is 8.19. The molecule has 3 nitrogen and oxygen atoms in total. The van der Waals surface area contributed by atoms with Crippen LogP contribution < -0.4 is 4.74 Å². The zero-order valence-corrected chi connectivity index (χ0v) is 23.4. The Balaban J connectivity index is 1.46. The van der Waals surface area contributed by atoms with Gasteiger partial charge in [-0.05, 0) is 48.8 Å². The highest BCUT2D eigenvalue weighted by atomic mass is 16.5. The summed E-state index contributed by atoms with van der Waals surface area (Å²) in [5.41, 5.74) is 3.45. The molecule has 1 saturated carbocycles. The van der Waals surface area contributed by atoms with Crippen LogP contribution in [0, 0.1) is 11.8 Å². The van der Waals surface area contributed by atoms with Crippen LogP contribution in [0.5, 0.6) is 5.75 Å². The number of aromatic nitrogens is 2. The summed E-state index contributed by atoms with van der Waals surface area (Å²) in [6.07, 6.45) is 27.9. The van der Waals surface area contributed by atoms with Gasteiger partial charge in [0.05, 0.1) is 12.3 Å². The first-order valence-corrected chi connectivity index (χ1v) is 15.3. The molecule has 3 heteroatoms. The first-order chi connectivity index (χ1) is 17.8. The number of nitrogens with zero attached hydrogens (tertiary/aromatic N) is 2. The molecule has 1 aliphatic carbocycles. The van der Waals surface area contributed by atoms with Crippen LogP contribution in [0.2, 0.25) is 0 Å². The molecule has 1 aliphatic rings. The van der Waals surface area contributed by atoms with Gasteiger partial charge in [0.2, 0.25) is 0 Å². The number of benzene rings is 1. The summed E-state index contributed by atoms with van der Waals surface area (Å²) in [5.74, 6) is 2.80. The average Bonchev–Trinajstić information content (AvgIpc) is 2.92. The number of rotatable bonds is 18. The number of aryl methyl sites for hydroxylation is 1. The zero-order chi connectivity index (χ0) is 25.3. The van der Waals surface area contributed by atoms with Crippen molar-refractivity contribution in [3.8, 4) is 17.0 Å². The van der Waals surface area contributed by atoms with Crippen molar-refractivity contribution in [3.05, 3.63) is 42.4 Å². The van der Waals surface area contributed by atoms with Crippen molar-refractivity contribution < 1.29 is 4.74 Å². The molecular weight excluding hydrogens is 440 g/mol. The van der Waals surface area contributed by atoms with Gasteiger partial charge in [-0.2, -0.15) is 0 Å². The van der Waals surface area contributed by atoms with E-state index in [1.54, 1.807) is 6.33 Å². The van der Waals surface area contributed by atoms with Crippen molar-refractivity contribution in [2.75, 3.05) is 6.61 Å². The maximum absolute atomic E-state index is 6.25. The Labute approximate surface area is 221 Å². The normalized spacial score (nSPS) is 17.8. The van der Waals surface area contributed by atoms with Crippen molar-refractivity contribution in [1.82, 2.24) is 9.97 Å². The Bertz CT molecular complexity index is 828. The fraction of sp³-hybridized carbons (Fsp3) is 0.697. The second-order valence-electron chi connectivity index (χ2n) is 11.1. The summed E-state index contributed by atoms with van der Waals surface area (Å²) in [7, 11) is 0. The molecule has 0 bridgehead atoms. The molecular formula is C33H52N2O. The van der Waals surface area contributed by atoms with Gasteiger partial charge in [-0.15, -0.1) is 0 Å². The van der Waals surface area contributed by atoms with E-state index < -0.39 is 0 Å². The Morgan fingerprint density at radius 1 is 0.750 bits per heavy atom. The van der Waals surface area contributed by atoms with Crippen LogP contribution in [0.1, 0.15) is 129 Å². The molecule has 1 aromatic carbocycles. The fourth-order valence-corrected chi connectivity index (χ4v) is 5.84. The first-order valence-electron chi connectivity index (χ1n) is 15.3. The van der Waals surface area contributed by atoms with Crippen LogP contribution in [-0.2, 0) is 6.42 Å². The summed E-state index contributed by atoms with van der Waals surface area (Å²) in [5, 5.41) is 0. The predicted molar refractivity (Wildman–Crippen MR) is 153 cm³/mol. The van der Waals surface area contributed by atoms with Gasteiger partial charge < -0.3 is 4.74 Å². The highest BCUT2D eigenvalue weighted by molar-refractivity contribution is 5.69. The average molecular weight is 493 g/mol. The second-order valence-corrected chi connectivity index (χ2v) is 11.1. The van der Waals surface area contributed by atoms with Crippen molar-refractivity contribution in [2.24, 2.45) is 11.8 Å². The molecule has 0 unspecified atom stereocenters. The van der Waals surface area contributed by atoms with Crippen molar-refractivity contribution in [3.63, 3.8) is 0 Å². The lowest BCUT2D eigenvalue weighted by Gasteiger charge is -2.28. The highest BCUT2D eigenvalue weighted by Crippen LogP contribution is 2.36. The molecule has 36 heavy (non-hydrogen) atoms. The predicted octanol–water partition coefficient (Wildman–Crippen LogP) is 9.98. The molecule has 0 radical (unpaired) electrons. The van der Waals surface area contributed by atoms with E-state index in [0.29, 0.717) is 0 Å². The molecule has 3 rings (SSSR count). The lowest BCUT2D eigenvalue weighted by Crippen LogP contribution is -2.15. The SMILES string of the molecule is CCCCCCCCOc1ccccc1-c1ncncc1CCC1CCC(CCCCCCC)CC1. The summed E-state index contributed by atoms with van der Waals surface area (Å²) in [4.78, 5) is 9.12. The third-order valence-corrected chi connectivity index (χ3v) is 8.19. The maximum atomic E-state index is 6.25. The maximum Gasteiger partial charge on any atom is 0.128 e. The smallest absolute Gasteiger partial charge is 0.128 e. The van der Waals surface area contributed by atoms with E-state index >= 15 is 0 Å². The number of hydrogen-bond donors (Lipinski definition) is 0. The molecule has 1 aromatic heterocycles. The van der Waals surface area contributed by atoms with E-state index in [9.17, 15) is 0 Å². The second kappa shape index (κ2) is 17.5. The summed E-state index contributed by atoms with van der Waals surface area (Å²) < 4.78 is 6.25. The fourth-order valence-electron chi connectivity index (χ4n) is 5.84. The Hall–Kier alpha value is -1.90. The van der Waals surface area contributed by atoms with Crippen molar-refractivity contribution >= 4 is 0 Å². The zero-order valence-electron chi connectivity index (χ0n) is 23.4. The molecule has 200 valence electrons. The Morgan fingerprint density at radius 3 is 2.14 bits per heavy atom. The summed E-state index contributed by atoms with van der Waals surface area (Å²) >= 11 is 0. The number of hydrogen-bond acceptors (Lipinski definition) is 3. The van der Waals surface area contributed by atoms with E-state index in [2.05, 4.69) is 43.1 Å². The number of ether oxygens (including phenoxy) is 1. The van der Waals surface area contributed by atoms with E-state index in [-0.39, 0.29) is 0 Å². The quantitative estimate of drug-likeness (QED) is 0.194. The molecule has 0 saturated heterocycles. The van der Waals surface area contributed by atoms with Crippen molar-refractivity contribution in [2.45, 2.75) is 129 Å². The minimum atomic E-state index is 0.783. The van der Waals surface area contributed by atoms with Gasteiger partial charge in [-0.3, -0.25) is 0 Å². The van der Waals surface area contributed by atoms with E-state index in [4.69, 9.17) is 9.72 Å². The van der Waals surface area contributed by atoms with Crippen LogP contribution in [0.4, 0.5) is 0 Å². The van der Waals surface area contributed by atoms with Gasteiger partial charge in [-0.1, -0.05) is 122 Å². The molecule has 2 aromatic rings. The van der Waals surface area contributed by atoms with Gasteiger partial charge in [0.15, 0.2) is 0 Å². The van der Waals surface area contributed by atoms with E-state index in [1.165, 1.54) is 108 Å². The molecule has 1 heterocycles. The van der Waals surface area contributed by atoms with Gasteiger partial charge in [0, 0.05) is 11.8 Å². The van der Waals surface area contributed by atoms with Crippen LogP contribution in [0.25, 0.3) is 11.3 Å². The largest absolute Gasteiger partial charge is 0.493 e. The molecule has 0 amide bonds. The topological polar surface area (TPSA) is 35.0 Å². The van der Waals surface area contributed by atoms with Gasteiger partial charge in [0.25, 0.3) is 0 Å². The van der Waals surface area contributed by atoms with E-state index in [0.717, 1.165) is 48.3 Å². The summed E-state index contributed by atoms with van der Waals surface area (Å²) in [6, 6.07) is 8.43. The molecule has 0 spiro atoms.